The van der Waals surface area contributed by atoms with Gasteiger partial charge in [-0.15, -0.1) is 0 Å². The summed E-state index contributed by atoms with van der Waals surface area (Å²) in [5.41, 5.74) is 2.47. The summed E-state index contributed by atoms with van der Waals surface area (Å²) in [6.07, 6.45) is 4.31. The Labute approximate surface area is 133 Å². The molecule has 0 radical (unpaired) electrons. The summed E-state index contributed by atoms with van der Waals surface area (Å²) < 4.78 is 6.84. The van der Waals surface area contributed by atoms with Crippen molar-refractivity contribution in [2.24, 2.45) is 0 Å². The van der Waals surface area contributed by atoms with Gasteiger partial charge in [-0.3, -0.25) is 4.79 Å². The van der Waals surface area contributed by atoms with E-state index < -0.39 is 6.10 Å². The SMILES string of the molecule is Cc1cnn(-c2ccc(C(=O)NCC(O)c3ccco3)cc2)c1. The standard InChI is InChI=1S/C17H17N3O3/c1-12-9-19-20(11-12)14-6-4-13(5-7-14)17(22)18-10-15(21)16-3-2-8-23-16/h2-9,11,15,21H,10H2,1H3,(H,18,22). The molecule has 1 amide bonds. The lowest BCUT2D eigenvalue weighted by molar-refractivity contribution is 0.0901. The highest BCUT2D eigenvalue weighted by atomic mass is 16.4. The van der Waals surface area contributed by atoms with E-state index in [1.54, 1.807) is 35.1 Å². The van der Waals surface area contributed by atoms with Crippen molar-refractivity contribution in [3.63, 3.8) is 0 Å². The molecule has 1 unspecified atom stereocenters. The number of carbonyl (C=O) groups is 1. The molecule has 3 rings (SSSR count). The maximum atomic E-state index is 12.1. The second-order valence-corrected chi connectivity index (χ2v) is 5.25. The predicted molar refractivity (Wildman–Crippen MR) is 84.3 cm³/mol. The average molecular weight is 311 g/mol. The summed E-state index contributed by atoms with van der Waals surface area (Å²) in [4.78, 5) is 12.1. The van der Waals surface area contributed by atoms with Crippen molar-refractivity contribution in [1.82, 2.24) is 15.1 Å². The quantitative estimate of drug-likeness (QED) is 0.757. The summed E-state index contributed by atoms with van der Waals surface area (Å²) in [7, 11) is 0. The third-order valence-corrected chi connectivity index (χ3v) is 3.43. The Morgan fingerprint density at radius 1 is 1.35 bits per heavy atom. The van der Waals surface area contributed by atoms with E-state index in [1.807, 2.05) is 25.3 Å². The number of aromatic nitrogens is 2. The van der Waals surface area contributed by atoms with Crippen molar-refractivity contribution >= 4 is 5.91 Å². The van der Waals surface area contributed by atoms with Gasteiger partial charge in [0.1, 0.15) is 11.9 Å². The zero-order valence-corrected chi connectivity index (χ0v) is 12.6. The minimum Gasteiger partial charge on any atom is -0.467 e. The van der Waals surface area contributed by atoms with Gasteiger partial charge in [0.2, 0.25) is 0 Å². The molecule has 23 heavy (non-hydrogen) atoms. The zero-order chi connectivity index (χ0) is 16.2. The Kier molecular flexibility index (Phi) is 4.25. The van der Waals surface area contributed by atoms with Crippen molar-refractivity contribution in [3.05, 3.63) is 71.9 Å². The Morgan fingerprint density at radius 3 is 2.74 bits per heavy atom. The fraction of sp³-hybridized carbons (Fsp3) is 0.176. The highest BCUT2D eigenvalue weighted by Gasteiger charge is 2.13. The van der Waals surface area contributed by atoms with Gasteiger partial charge < -0.3 is 14.8 Å². The van der Waals surface area contributed by atoms with Crippen LogP contribution in [0.2, 0.25) is 0 Å². The number of carbonyl (C=O) groups excluding carboxylic acids is 1. The maximum absolute atomic E-state index is 12.1. The molecule has 1 aromatic carbocycles. The van der Waals surface area contributed by atoms with E-state index in [2.05, 4.69) is 10.4 Å². The molecule has 0 saturated carbocycles. The molecule has 0 aliphatic heterocycles. The van der Waals surface area contributed by atoms with Gasteiger partial charge in [-0.1, -0.05) is 0 Å². The highest BCUT2D eigenvalue weighted by Crippen LogP contribution is 2.13. The number of aryl methyl sites for hydroxylation is 1. The van der Waals surface area contributed by atoms with E-state index in [0.29, 0.717) is 11.3 Å². The van der Waals surface area contributed by atoms with Crippen LogP contribution in [0.15, 0.2) is 59.5 Å². The van der Waals surface area contributed by atoms with Gasteiger partial charge in [-0.2, -0.15) is 5.10 Å². The highest BCUT2D eigenvalue weighted by molar-refractivity contribution is 5.94. The van der Waals surface area contributed by atoms with Gasteiger partial charge in [0.25, 0.3) is 5.91 Å². The number of nitrogens with one attached hydrogen (secondary N) is 1. The zero-order valence-electron chi connectivity index (χ0n) is 12.6. The number of hydrogen-bond acceptors (Lipinski definition) is 4. The summed E-state index contributed by atoms with van der Waals surface area (Å²) in [6, 6.07) is 10.4. The van der Waals surface area contributed by atoms with E-state index in [0.717, 1.165) is 11.3 Å². The number of nitrogens with zero attached hydrogens (tertiary/aromatic N) is 2. The molecular weight excluding hydrogens is 294 g/mol. The second kappa shape index (κ2) is 6.50. The normalized spacial score (nSPS) is 12.1. The first-order chi connectivity index (χ1) is 11.1. The van der Waals surface area contributed by atoms with E-state index in [9.17, 15) is 9.90 Å². The van der Waals surface area contributed by atoms with Crippen LogP contribution in [0, 0.1) is 6.92 Å². The van der Waals surface area contributed by atoms with Crippen molar-refractivity contribution in [2.75, 3.05) is 6.54 Å². The lowest BCUT2D eigenvalue weighted by Gasteiger charge is -2.10. The molecule has 1 atom stereocenters. The monoisotopic (exact) mass is 311 g/mol. The van der Waals surface area contributed by atoms with Gasteiger partial charge in [-0.05, 0) is 48.9 Å². The average Bonchev–Trinajstić information content (AvgIpc) is 3.24. The van der Waals surface area contributed by atoms with Crippen molar-refractivity contribution in [2.45, 2.75) is 13.0 Å². The molecule has 0 saturated heterocycles. The smallest absolute Gasteiger partial charge is 0.251 e. The van der Waals surface area contributed by atoms with Crippen molar-refractivity contribution in [3.8, 4) is 5.69 Å². The summed E-state index contributed by atoms with van der Waals surface area (Å²) in [6.45, 7) is 2.06. The summed E-state index contributed by atoms with van der Waals surface area (Å²) in [5.74, 6) is 0.175. The summed E-state index contributed by atoms with van der Waals surface area (Å²) in [5, 5.41) is 16.8. The number of aliphatic hydroxyl groups is 1. The number of rotatable bonds is 5. The number of aliphatic hydroxyl groups excluding tert-OH is 1. The molecule has 2 N–H and O–H groups in total. The maximum Gasteiger partial charge on any atom is 0.251 e. The van der Waals surface area contributed by atoms with E-state index in [4.69, 9.17) is 4.42 Å². The largest absolute Gasteiger partial charge is 0.467 e. The van der Waals surface area contributed by atoms with Crippen LogP contribution in [0.4, 0.5) is 0 Å². The third kappa shape index (κ3) is 3.49. The Balaban J connectivity index is 1.61. The lowest BCUT2D eigenvalue weighted by atomic mass is 10.2. The molecule has 0 spiro atoms. The first-order valence-corrected chi connectivity index (χ1v) is 7.25. The van der Waals surface area contributed by atoms with Crippen molar-refractivity contribution < 1.29 is 14.3 Å². The topological polar surface area (TPSA) is 80.3 Å². The molecule has 0 bridgehead atoms. The van der Waals surface area contributed by atoms with Crippen LogP contribution in [0.3, 0.4) is 0 Å². The number of hydrogen-bond donors (Lipinski definition) is 2. The molecule has 6 heteroatoms. The fourth-order valence-electron chi connectivity index (χ4n) is 2.19. The Morgan fingerprint density at radius 2 is 2.13 bits per heavy atom. The first-order valence-electron chi connectivity index (χ1n) is 7.25. The van der Waals surface area contributed by atoms with Gasteiger partial charge >= 0.3 is 0 Å². The van der Waals surface area contributed by atoms with Gasteiger partial charge in [0.15, 0.2) is 0 Å². The molecule has 3 aromatic rings. The Bertz CT molecular complexity index is 776. The predicted octanol–water partition coefficient (Wildman–Crippen LogP) is 2.24. The van der Waals surface area contributed by atoms with Crippen LogP contribution in [0.1, 0.15) is 27.8 Å². The molecule has 0 aliphatic rings. The first kappa shape index (κ1) is 15.1. The number of furan rings is 1. The van der Waals surface area contributed by atoms with E-state index in [-0.39, 0.29) is 12.5 Å². The van der Waals surface area contributed by atoms with Crippen LogP contribution in [0.25, 0.3) is 5.69 Å². The molecule has 2 heterocycles. The second-order valence-electron chi connectivity index (χ2n) is 5.25. The molecule has 6 nitrogen and oxygen atoms in total. The molecule has 0 aliphatic carbocycles. The van der Waals surface area contributed by atoms with Gasteiger partial charge in [0.05, 0.1) is 24.7 Å². The fourth-order valence-corrected chi connectivity index (χ4v) is 2.19. The van der Waals surface area contributed by atoms with Crippen LogP contribution in [0.5, 0.6) is 0 Å². The lowest BCUT2D eigenvalue weighted by Crippen LogP contribution is -2.28. The van der Waals surface area contributed by atoms with Gasteiger partial charge in [0, 0.05) is 11.8 Å². The Hall–Kier alpha value is -2.86. The minimum atomic E-state index is -0.861. The van der Waals surface area contributed by atoms with Crippen LogP contribution < -0.4 is 5.32 Å². The van der Waals surface area contributed by atoms with Crippen molar-refractivity contribution in [1.29, 1.82) is 0 Å². The summed E-state index contributed by atoms with van der Waals surface area (Å²) >= 11 is 0. The molecular formula is C17H17N3O3. The molecule has 0 fully saturated rings. The van der Waals surface area contributed by atoms with Gasteiger partial charge in [-0.25, -0.2) is 4.68 Å². The van der Waals surface area contributed by atoms with Crippen LogP contribution >= 0.6 is 0 Å². The van der Waals surface area contributed by atoms with Crippen LogP contribution in [-0.2, 0) is 0 Å². The van der Waals surface area contributed by atoms with E-state index in [1.165, 1.54) is 6.26 Å². The van der Waals surface area contributed by atoms with E-state index >= 15 is 0 Å². The number of amides is 1. The molecule has 2 aromatic heterocycles. The van der Waals surface area contributed by atoms with Crippen LogP contribution in [-0.4, -0.2) is 27.3 Å². The third-order valence-electron chi connectivity index (χ3n) is 3.43. The minimum absolute atomic E-state index is 0.0897. The number of benzene rings is 1. The molecule has 118 valence electrons.